The highest BCUT2D eigenvalue weighted by atomic mass is 16.4. The Morgan fingerprint density at radius 3 is 2.31 bits per heavy atom. The summed E-state index contributed by atoms with van der Waals surface area (Å²) in [4.78, 5) is 59.7. The van der Waals surface area contributed by atoms with Gasteiger partial charge in [0.05, 0.1) is 17.5 Å². The monoisotopic (exact) mass is 575 g/mol. The molecule has 1 aliphatic rings. The number of nitrogens with one attached hydrogen (secondary N) is 1. The van der Waals surface area contributed by atoms with Crippen LogP contribution in [0.3, 0.4) is 0 Å². The van der Waals surface area contributed by atoms with E-state index in [2.05, 4.69) is 15.4 Å². The van der Waals surface area contributed by atoms with Gasteiger partial charge in [0.25, 0.3) is 5.91 Å². The van der Waals surface area contributed by atoms with Gasteiger partial charge in [-0.05, 0) is 51.8 Å². The van der Waals surface area contributed by atoms with Gasteiger partial charge < -0.3 is 14.6 Å². The van der Waals surface area contributed by atoms with Crippen molar-refractivity contribution < 1.29 is 28.3 Å². The Hall–Kier alpha value is -4.41. The molecule has 3 aromatic rings. The number of amides is 3. The molecule has 0 radical (unpaired) electrons. The number of aromatic nitrogens is 3. The summed E-state index contributed by atoms with van der Waals surface area (Å²) in [6.45, 7) is 13.0. The molecule has 11 heteroatoms. The van der Waals surface area contributed by atoms with E-state index in [-0.39, 0.29) is 29.5 Å². The van der Waals surface area contributed by atoms with E-state index in [4.69, 9.17) is 10.2 Å². The summed E-state index contributed by atoms with van der Waals surface area (Å²) >= 11 is 0. The third-order valence-corrected chi connectivity index (χ3v) is 7.47. The van der Waals surface area contributed by atoms with E-state index >= 15 is 0 Å². The van der Waals surface area contributed by atoms with Gasteiger partial charge in [-0.15, -0.1) is 0 Å². The van der Waals surface area contributed by atoms with Gasteiger partial charge in [-0.25, -0.2) is 5.73 Å². The Kier molecular flexibility index (Phi) is 8.60. The van der Waals surface area contributed by atoms with Crippen LogP contribution in [0.5, 0.6) is 0 Å². The van der Waals surface area contributed by atoms with E-state index < -0.39 is 41.1 Å². The summed E-state index contributed by atoms with van der Waals surface area (Å²) in [5, 5.41) is 7.08. The molecule has 0 fully saturated rings. The molecule has 42 heavy (non-hydrogen) atoms. The summed E-state index contributed by atoms with van der Waals surface area (Å²) in [5.41, 5.74) is 6.90. The smallest absolute Gasteiger partial charge is 0.399 e. The second kappa shape index (κ2) is 11.8. The number of fused-ring (bicyclic) bond motifs is 1. The molecule has 3 N–H and O–H groups in total. The molecule has 0 saturated heterocycles. The fourth-order valence-corrected chi connectivity index (χ4v) is 5.33. The average Bonchev–Trinajstić information content (AvgIpc) is 3.54. The number of primary amides is 1. The molecule has 4 rings (SSSR count). The van der Waals surface area contributed by atoms with E-state index in [0.29, 0.717) is 17.7 Å². The number of hydrogen-bond donors (Lipinski definition) is 2. The summed E-state index contributed by atoms with van der Waals surface area (Å²) in [5.74, 6) is -2.65. The molecule has 0 saturated carbocycles. The summed E-state index contributed by atoms with van der Waals surface area (Å²) in [7, 11) is 0. The second-order valence-electron chi connectivity index (χ2n) is 12.4. The van der Waals surface area contributed by atoms with Crippen LogP contribution in [0.15, 0.2) is 53.2 Å². The van der Waals surface area contributed by atoms with Gasteiger partial charge in [0.2, 0.25) is 17.6 Å². The minimum Gasteiger partial charge on any atom is -0.399 e. The molecule has 1 aliphatic heterocycles. The van der Waals surface area contributed by atoms with Crippen LogP contribution < -0.4 is 20.6 Å². The lowest BCUT2D eigenvalue weighted by molar-refractivity contribution is -0.637. The minimum atomic E-state index is -0.944. The van der Waals surface area contributed by atoms with Crippen LogP contribution in [0.1, 0.15) is 81.0 Å². The molecular formula is C31H39N6O5+. The molecule has 222 valence electrons. The van der Waals surface area contributed by atoms with Crippen LogP contribution in [0.25, 0.3) is 0 Å². The molecule has 3 heterocycles. The third kappa shape index (κ3) is 5.95. The summed E-state index contributed by atoms with van der Waals surface area (Å²) in [6.07, 6.45) is 3.40. The fraction of sp³-hybridized carbons (Fsp3) is 0.452. The maximum atomic E-state index is 14.4. The van der Waals surface area contributed by atoms with Gasteiger partial charge >= 0.3 is 11.9 Å². The molecule has 0 aliphatic carbocycles. The maximum absolute atomic E-state index is 14.4. The first kappa shape index (κ1) is 30.5. The van der Waals surface area contributed by atoms with Gasteiger partial charge in [-0.3, -0.25) is 19.4 Å². The highest BCUT2D eigenvalue weighted by Gasteiger charge is 2.48. The lowest BCUT2D eigenvalue weighted by atomic mass is 9.82. The van der Waals surface area contributed by atoms with Crippen molar-refractivity contribution in [3.8, 4) is 0 Å². The van der Waals surface area contributed by atoms with E-state index in [1.807, 2.05) is 72.7 Å². The number of anilines is 1. The van der Waals surface area contributed by atoms with Gasteiger partial charge in [-0.1, -0.05) is 66.7 Å². The number of nitrogens with zero attached hydrogens (tertiary/aromatic N) is 4. The molecule has 3 amide bonds. The largest absolute Gasteiger partial charge is 0.518 e. The van der Waals surface area contributed by atoms with E-state index in [1.165, 1.54) is 6.20 Å². The zero-order chi connectivity index (χ0) is 30.9. The van der Waals surface area contributed by atoms with Crippen molar-refractivity contribution >= 4 is 29.3 Å². The molecule has 0 unspecified atom stereocenters. The number of para-hydroxylation sites is 1. The number of hydrogen-bond acceptors (Lipinski definition) is 7. The Morgan fingerprint density at radius 2 is 1.74 bits per heavy atom. The minimum absolute atomic E-state index is 0.188. The van der Waals surface area contributed by atoms with Crippen molar-refractivity contribution in [2.24, 2.45) is 23.5 Å². The Labute approximate surface area is 245 Å². The van der Waals surface area contributed by atoms with Crippen LogP contribution in [0.2, 0.25) is 0 Å². The number of ketones is 1. The number of benzene rings is 1. The molecule has 11 nitrogen and oxygen atoms in total. The molecule has 0 spiro atoms. The Balaban J connectivity index is 1.77. The molecular weight excluding hydrogens is 536 g/mol. The van der Waals surface area contributed by atoms with Crippen molar-refractivity contribution in [1.29, 1.82) is 0 Å². The first-order valence-corrected chi connectivity index (χ1v) is 14.1. The highest BCUT2D eigenvalue weighted by Crippen LogP contribution is 2.39. The number of nitrogens with two attached hydrogens (primary N) is 1. The van der Waals surface area contributed by atoms with E-state index in [0.717, 1.165) is 10.2 Å². The van der Waals surface area contributed by atoms with E-state index in [1.54, 1.807) is 23.2 Å². The zero-order valence-electron chi connectivity index (χ0n) is 25.1. The van der Waals surface area contributed by atoms with Crippen molar-refractivity contribution in [1.82, 2.24) is 15.4 Å². The standard InChI is InChI=1S/C31H38N6O5/c1-17(2)23(25(38)28-37(30(32)41)35-29(42-28)31(5,6)7)22-15-19-11-8-9-13-21(19)36(22)27(40)24(18(3)4)34-26(39)20-12-10-14-33-16-20/h8-14,16-18,22-24H,15H2,1-7H3,(H2-,32,34,39,41)/p+1/t22-,23-,24-/m0/s1. The van der Waals surface area contributed by atoms with Crippen LogP contribution >= 0.6 is 0 Å². The fourth-order valence-electron chi connectivity index (χ4n) is 5.33. The normalized spacial score (nSPS) is 16.3. The zero-order valence-corrected chi connectivity index (χ0v) is 25.1. The highest BCUT2D eigenvalue weighted by molar-refractivity contribution is 6.05. The van der Waals surface area contributed by atoms with Gasteiger partial charge in [0.1, 0.15) is 6.04 Å². The summed E-state index contributed by atoms with van der Waals surface area (Å²) < 4.78 is 6.69. The first-order chi connectivity index (χ1) is 19.7. The van der Waals surface area contributed by atoms with Crippen LogP contribution in [0, 0.1) is 17.8 Å². The van der Waals surface area contributed by atoms with Crippen LogP contribution in [-0.2, 0) is 16.6 Å². The number of pyridine rings is 1. The first-order valence-electron chi connectivity index (χ1n) is 14.1. The van der Waals surface area contributed by atoms with Gasteiger partial charge in [-0.2, -0.15) is 4.79 Å². The van der Waals surface area contributed by atoms with Crippen LogP contribution in [0.4, 0.5) is 10.5 Å². The van der Waals surface area contributed by atoms with Gasteiger partial charge in [0.15, 0.2) is 0 Å². The lowest BCUT2D eigenvalue weighted by Gasteiger charge is -2.36. The third-order valence-electron chi connectivity index (χ3n) is 7.47. The van der Waals surface area contributed by atoms with E-state index in [9.17, 15) is 19.2 Å². The topological polar surface area (TPSA) is 152 Å². The molecule has 1 aromatic carbocycles. The van der Waals surface area contributed by atoms with Crippen molar-refractivity contribution in [2.45, 2.75) is 72.4 Å². The average molecular weight is 576 g/mol. The van der Waals surface area contributed by atoms with Crippen molar-refractivity contribution in [3.05, 3.63) is 71.7 Å². The molecule has 3 atom stereocenters. The number of carbonyl (C=O) groups excluding carboxylic acids is 4. The predicted molar refractivity (Wildman–Crippen MR) is 155 cm³/mol. The number of rotatable bonds is 8. The van der Waals surface area contributed by atoms with Crippen LogP contribution in [-0.4, -0.2) is 45.8 Å². The number of carbonyl (C=O) groups is 4. The second-order valence-corrected chi connectivity index (χ2v) is 12.4. The quantitative estimate of drug-likeness (QED) is 0.308. The number of Topliss-reactive ketones (excluding diaryl/α,β-unsaturated/α-hetero) is 1. The van der Waals surface area contributed by atoms with Gasteiger partial charge in [0, 0.05) is 23.5 Å². The predicted octanol–water partition coefficient (Wildman–Crippen LogP) is 3.45. The molecule has 2 aromatic heterocycles. The van der Waals surface area contributed by atoms with Crippen molar-refractivity contribution in [3.63, 3.8) is 0 Å². The van der Waals surface area contributed by atoms with Crippen molar-refractivity contribution in [2.75, 3.05) is 4.90 Å². The lowest BCUT2D eigenvalue weighted by Crippen LogP contribution is -2.58. The SMILES string of the molecule is CC(C)[C@H](NC(=O)c1cccnc1)C(=O)N1c2ccccc2C[C@H]1[C@@H](C(=O)c1oc(C(C)(C)C)n[n+]1C(N)=O)C(C)C. The summed E-state index contributed by atoms with van der Waals surface area (Å²) in [6, 6.07) is 8.30. The Bertz CT molecular complexity index is 1490. The maximum Gasteiger partial charge on any atom is 0.518 e. The Morgan fingerprint density at radius 1 is 1.05 bits per heavy atom. The molecule has 0 bridgehead atoms.